The summed E-state index contributed by atoms with van der Waals surface area (Å²) in [5.41, 5.74) is 0.852. The number of nitriles is 1. The van der Waals surface area contributed by atoms with E-state index in [1.807, 2.05) is 6.07 Å². The lowest BCUT2D eigenvalue weighted by Crippen LogP contribution is -1.93. The van der Waals surface area contributed by atoms with Crippen LogP contribution in [0.1, 0.15) is 10.4 Å². The average Bonchev–Trinajstić information content (AvgIpc) is 2.26. The van der Waals surface area contributed by atoms with Crippen molar-refractivity contribution >= 4 is 15.9 Å². The van der Waals surface area contributed by atoms with Gasteiger partial charge in [-0.25, -0.2) is 0 Å². The second kappa shape index (κ2) is 4.87. The molecule has 0 amide bonds. The molecule has 0 saturated carbocycles. The molecule has 14 heavy (non-hydrogen) atoms. The Morgan fingerprint density at radius 3 is 2.43 bits per heavy atom. The molecule has 0 N–H and O–H groups in total. The minimum atomic E-state index is -0.317. The van der Waals surface area contributed by atoms with Crippen LogP contribution in [0.3, 0.4) is 0 Å². The summed E-state index contributed by atoms with van der Waals surface area (Å²) in [4.78, 5) is -0.317. The minimum Gasteiger partial charge on any atom is -0.493 e. The van der Waals surface area contributed by atoms with Gasteiger partial charge in [-0.3, -0.25) is 0 Å². The van der Waals surface area contributed by atoms with Gasteiger partial charge in [0.1, 0.15) is 4.83 Å². The molecule has 0 aliphatic rings. The number of methoxy groups -OCH3 is 2. The SMILES string of the molecule is COc1ccc(C(Br)C#N)cc1OC. The van der Waals surface area contributed by atoms with Gasteiger partial charge >= 0.3 is 0 Å². The highest BCUT2D eigenvalue weighted by Crippen LogP contribution is 2.32. The first-order valence-corrected chi connectivity index (χ1v) is 4.90. The molecule has 0 aromatic heterocycles. The van der Waals surface area contributed by atoms with E-state index in [1.54, 1.807) is 26.4 Å². The van der Waals surface area contributed by atoms with Gasteiger partial charge in [0, 0.05) is 0 Å². The zero-order chi connectivity index (χ0) is 10.6. The Hall–Kier alpha value is -1.21. The van der Waals surface area contributed by atoms with Crippen molar-refractivity contribution in [3.05, 3.63) is 23.8 Å². The van der Waals surface area contributed by atoms with E-state index in [0.717, 1.165) is 5.56 Å². The third-order valence-corrected chi connectivity index (χ3v) is 2.55. The maximum absolute atomic E-state index is 8.71. The Morgan fingerprint density at radius 1 is 1.29 bits per heavy atom. The molecule has 74 valence electrons. The number of nitrogens with zero attached hydrogens (tertiary/aromatic N) is 1. The lowest BCUT2D eigenvalue weighted by atomic mass is 10.1. The van der Waals surface area contributed by atoms with E-state index in [2.05, 4.69) is 22.0 Å². The fraction of sp³-hybridized carbons (Fsp3) is 0.300. The molecule has 0 aliphatic heterocycles. The van der Waals surface area contributed by atoms with Crippen LogP contribution in [-0.4, -0.2) is 14.2 Å². The van der Waals surface area contributed by atoms with Crippen molar-refractivity contribution in [2.75, 3.05) is 14.2 Å². The number of hydrogen-bond acceptors (Lipinski definition) is 3. The molecular weight excluding hydrogens is 246 g/mol. The molecule has 0 spiro atoms. The quantitative estimate of drug-likeness (QED) is 0.781. The topological polar surface area (TPSA) is 42.2 Å². The van der Waals surface area contributed by atoms with E-state index >= 15 is 0 Å². The summed E-state index contributed by atoms with van der Waals surface area (Å²) in [6.07, 6.45) is 0. The molecule has 1 rings (SSSR count). The zero-order valence-electron chi connectivity index (χ0n) is 7.95. The highest BCUT2D eigenvalue weighted by molar-refractivity contribution is 9.09. The van der Waals surface area contributed by atoms with Crippen LogP contribution in [0, 0.1) is 11.3 Å². The van der Waals surface area contributed by atoms with Gasteiger partial charge in [0.05, 0.1) is 20.3 Å². The summed E-state index contributed by atoms with van der Waals surface area (Å²) in [6.45, 7) is 0. The Balaban J connectivity index is 3.08. The molecule has 3 nitrogen and oxygen atoms in total. The van der Waals surface area contributed by atoms with Crippen molar-refractivity contribution in [3.63, 3.8) is 0 Å². The van der Waals surface area contributed by atoms with Crippen molar-refractivity contribution in [3.8, 4) is 17.6 Å². The number of halogens is 1. The zero-order valence-corrected chi connectivity index (χ0v) is 9.54. The standard InChI is InChI=1S/C10H10BrNO2/c1-13-9-4-3-7(8(11)6-12)5-10(9)14-2/h3-5,8H,1-2H3. The van der Waals surface area contributed by atoms with E-state index in [1.165, 1.54) is 0 Å². The molecule has 0 heterocycles. The van der Waals surface area contributed by atoms with Crippen LogP contribution < -0.4 is 9.47 Å². The first-order chi connectivity index (χ1) is 6.72. The molecule has 1 aromatic carbocycles. The predicted octanol–water partition coefficient (Wildman–Crippen LogP) is 2.66. The van der Waals surface area contributed by atoms with Gasteiger partial charge in [-0.05, 0) is 17.7 Å². The third kappa shape index (κ3) is 2.18. The van der Waals surface area contributed by atoms with Crippen LogP contribution in [0.25, 0.3) is 0 Å². The Kier molecular flexibility index (Phi) is 3.78. The first-order valence-electron chi connectivity index (χ1n) is 3.98. The number of benzene rings is 1. The van der Waals surface area contributed by atoms with Crippen LogP contribution in [0.4, 0.5) is 0 Å². The monoisotopic (exact) mass is 255 g/mol. The average molecular weight is 256 g/mol. The molecule has 0 radical (unpaired) electrons. The van der Waals surface area contributed by atoms with Crippen LogP contribution in [0.5, 0.6) is 11.5 Å². The second-order valence-electron chi connectivity index (χ2n) is 2.61. The van der Waals surface area contributed by atoms with Gasteiger partial charge in [-0.1, -0.05) is 22.0 Å². The van der Waals surface area contributed by atoms with E-state index < -0.39 is 0 Å². The molecular formula is C10H10BrNO2. The molecule has 0 saturated heterocycles. The van der Waals surface area contributed by atoms with E-state index in [9.17, 15) is 0 Å². The highest BCUT2D eigenvalue weighted by Gasteiger charge is 2.09. The van der Waals surface area contributed by atoms with Gasteiger partial charge in [-0.15, -0.1) is 0 Å². The Bertz CT molecular complexity index is 360. The van der Waals surface area contributed by atoms with Crippen molar-refractivity contribution in [2.45, 2.75) is 4.83 Å². The number of ether oxygens (including phenoxy) is 2. The highest BCUT2D eigenvalue weighted by atomic mass is 79.9. The molecule has 1 aromatic rings. The van der Waals surface area contributed by atoms with Crippen LogP contribution in [0.2, 0.25) is 0 Å². The molecule has 0 aliphatic carbocycles. The predicted molar refractivity (Wildman–Crippen MR) is 56.8 cm³/mol. The molecule has 1 unspecified atom stereocenters. The van der Waals surface area contributed by atoms with Crippen LogP contribution >= 0.6 is 15.9 Å². The van der Waals surface area contributed by atoms with E-state index in [4.69, 9.17) is 14.7 Å². The van der Waals surface area contributed by atoms with Crippen molar-refractivity contribution in [2.24, 2.45) is 0 Å². The summed E-state index contributed by atoms with van der Waals surface area (Å²) in [5.74, 6) is 1.29. The maximum atomic E-state index is 8.71. The van der Waals surface area contributed by atoms with Crippen molar-refractivity contribution in [1.82, 2.24) is 0 Å². The second-order valence-corrected chi connectivity index (χ2v) is 3.52. The molecule has 4 heteroatoms. The molecule has 1 atom stereocenters. The van der Waals surface area contributed by atoms with Crippen molar-refractivity contribution in [1.29, 1.82) is 5.26 Å². The van der Waals surface area contributed by atoms with Gasteiger partial charge < -0.3 is 9.47 Å². The minimum absolute atomic E-state index is 0.317. The maximum Gasteiger partial charge on any atom is 0.161 e. The lowest BCUT2D eigenvalue weighted by molar-refractivity contribution is 0.354. The molecule has 0 fully saturated rings. The van der Waals surface area contributed by atoms with Gasteiger partial charge in [0.25, 0.3) is 0 Å². The van der Waals surface area contributed by atoms with E-state index in [-0.39, 0.29) is 4.83 Å². The summed E-state index contributed by atoms with van der Waals surface area (Å²) < 4.78 is 10.2. The number of alkyl halides is 1. The fourth-order valence-electron chi connectivity index (χ4n) is 1.08. The summed E-state index contributed by atoms with van der Waals surface area (Å²) in [7, 11) is 3.14. The van der Waals surface area contributed by atoms with Gasteiger partial charge in [0.2, 0.25) is 0 Å². The first kappa shape index (κ1) is 10.9. The van der Waals surface area contributed by atoms with Crippen LogP contribution in [-0.2, 0) is 0 Å². The number of rotatable bonds is 3. The Labute approximate surface area is 91.4 Å². The summed E-state index contributed by atoms with van der Waals surface area (Å²) in [6, 6.07) is 7.47. The van der Waals surface area contributed by atoms with Gasteiger partial charge in [0.15, 0.2) is 11.5 Å². The lowest BCUT2D eigenvalue weighted by Gasteiger charge is -2.09. The fourth-order valence-corrected chi connectivity index (χ4v) is 1.37. The third-order valence-electron chi connectivity index (χ3n) is 1.81. The Morgan fingerprint density at radius 2 is 1.93 bits per heavy atom. The smallest absolute Gasteiger partial charge is 0.161 e. The van der Waals surface area contributed by atoms with Crippen LogP contribution in [0.15, 0.2) is 18.2 Å². The summed E-state index contributed by atoms with van der Waals surface area (Å²) in [5, 5.41) is 8.71. The molecule has 0 bridgehead atoms. The largest absolute Gasteiger partial charge is 0.493 e. The van der Waals surface area contributed by atoms with Gasteiger partial charge in [-0.2, -0.15) is 5.26 Å². The van der Waals surface area contributed by atoms with Crippen molar-refractivity contribution < 1.29 is 9.47 Å². The van der Waals surface area contributed by atoms with E-state index in [0.29, 0.717) is 11.5 Å². The summed E-state index contributed by atoms with van der Waals surface area (Å²) >= 11 is 3.24. The number of hydrogen-bond donors (Lipinski definition) is 0. The normalized spacial score (nSPS) is 11.6.